The SMILES string of the molecule is Cc1ccccc1OCCCCN1CCN(c2ccccc2)CC1. The number of ether oxygens (including phenoxy) is 1. The molecule has 0 radical (unpaired) electrons. The topological polar surface area (TPSA) is 15.7 Å². The fourth-order valence-electron chi connectivity index (χ4n) is 3.21. The smallest absolute Gasteiger partial charge is 0.122 e. The Morgan fingerprint density at radius 3 is 2.29 bits per heavy atom. The van der Waals surface area contributed by atoms with Gasteiger partial charge >= 0.3 is 0 Å². The molecule has 1 fully saturated rings. The number of rotatable bonds is 7. The number of para-hydroxylation sites is 2. The Morgan fingerprint density at radius 1 is 0.833 bits per heavy atom. The van der Waals surface area contributed by atoms with Gasteiger partial charge in [-0.25, -0.2) is 0 Å². The molecule has 1 aliphatic heterocycles. The average molecular weight is 324 g/mol. The van der Waals surface area contributed by atoms with Gasteiger partial charge in [0.1, 0.15) is 5.75 Å². The van der Waals surface area contributed by atoms with Crippen molar-refractivity contribution in [1.82, 2.24) is 4.90 Å². The molecule has 128 valence electrons. The molecule has 0 unspecified atom stereocenters. The van der Waals surface area contributed by atoms with Crippen LogP contribution in [-0.2, 0) is 0 Å². The van der Waals surface area contributed by atoms with Crippen molar-refractivity contribution >= 4 is 5.69 Å². The number of piperazine rings is 1. The van der Waals surface area contributed by atoms with E-state index in [4.69, 9.17) is 4.74 Å². The molecule has 0 aliphatic carbocycles. The van der Waals surface area contributed by atoms with Gasteiger partial charge in [0.2, 0.25) is 0 Å². The number of benzene rings is 2. The summed E-state index contributed by atoms with van der Waals surface area (Å²) in [5, 5.41) is 0. The lowest BCUT2D eigenvalue weighted by Crippen LogP contribution is -2.46. The molecule has 0 N–H and O–H groups in total. The summed E-state index contributed by atoms with van der Waals surface area (Å²) in [5.74, 6) is 1.02. The van der Waals surface area contributed by atoms with E-state index in [0.717, 1.165) is 45.0 Å². The van der Waals surface area contributed by atoms with Gasteiger partial charge in [-0.1, -0.05) is 36.4 Å². The van der Waals surface area contributed by atoms with E-state index in [2.05, 4.69) is 65.3 Å². The van der Waals surface area contributed by atoms with Crippen molar-refractivity contribution in [2.75, 3.05) is 44.2 Å². The highest BCUT2D eigenvalue weighted by Gasteiger charge is 2.16. The molecular weight excluding hydrogens is 296 g/mol. The summed E-state index contributed by atoms with van der Waals surface area (Å²) in [5.41, 5.74) is 2.57. The fourth-order valence-corrected chi connectivity index (χ4v) is 3.21. The molecule has 2 aromatic carbocycles. The highest BCUT2D eigenvalue weighted by atomic mass is 16.5. The molecule has 0 atom stereocenters. The Bertz CT molecular complexity index is 606. The lowest BCUT2D eigenvalue weighted by Gasteiger charge is -2.36. The zero-order chi connectivity index (χ0) is 16.6. The van der Waals surface area contributed by atoms with Gasteiger partial charge in [-0.3, -0.25) is 4.90 Å². The Hall–Kier alpha value is -2.00. The zero-order valence-corrected chi connectivity index (χ0v) is 14.7. The van der Waals surface area contributed by atoms with Crippen LogP contribution in [0, 0.1) is 6.92 Å². The van der Waals surface area contributed by atoms with Gasteiger partial charge in [-0.15, -0.1) is 0 Å². The first-order valence-electron chi connectivity index (χ1n) is 9.04. The van der Waals surface area contributed by atoms with E-state index in [0.29, 0.717) is 0 Å². The van der Waals surface area contributed by atoms with Crippen molar-refractivity contribution in [3.05, 3.63) is 60.2 Å². The Kier molecular flexibility index (Phi) is 6.13. The Balaban J connectivity index is 1.31. The molecule has 0 spiro atoms. The largest absolute Gasteiger partial charge is 0.493 e. The van der Waals surface area contributed by atoms with Crippen LogP contribution >= 0.6 is 0 Å². The van der Waals surface area contributed by atoms with Gasteiger partial charge in [0.05, 0.1) is 6.61 Å². The quantitative estimate of drug-likeness (QED) is 0.717. The van der Waals surface area contributed by atoms with Gasteiger partial charge in [-0.05, 0) is 50.1 Å². The second-order valence-corrected chi connectivity index (χ2v) is 6.49. The summed E-state index contributed by atoms with van der Waals surface area (Å²) >= 11 is 0. The maximum Gasteiger partial charge on any atom is 0.122 e. The normalized spacial score (nSPS) is 15.5. The van der Waals surface area contributed by atoms with E-state index < -0.39 is 0 Å². The highest BCUT2D eigenvalue weighted by Crippen LogP contribution is 2.17. The minimum absolute atomic E-state index is 0.814. The van der Waals surface area contributed by atoms with E-state index >= 15 is 0 Å². The monoisotopic (exact) mass is 324 g/mol. The third kappa shape index (κ3) is 4.75. The van der Waals surface area contributed by atoms with Gasteiger partial charge in [0.15, 0.2) is 0 Å². The molecule has 0 amide bonds. The lowest BCUT2D eigenvalue weighted by atomic mass is 10.2. The summed E-state index contributed by atoms with van der Waals surface area (Å²) in [4.78, 5) is 5.06. The summed E-state index contributed by atoms with van der Waals surface area (Å²) in [6.07, 6.45) is 2.32. The molecule has 1 saturated heterocycles. The highest BCUT2D eigenvalue weighted by molar-refractivity contribution is 5.46. The van der Waals surface area contributed by atoms with Crippen molar-refractivity contribution < 1.29 is 4.74 Å². The maximum atomic E-state index is 5.87. The van der Waals surface area contributed by atoms with E-state index in [1.807, 2.05) is 6.07 Å². The second-order valence-electron chi connectivity index (χ2n) is 6.49. The van der Waals surface area contributed by atoms with Gasteiger partial charge < -0.3 is 9.64 Å². The molecule has 3 heteroatoms. The molecular formula is C21H28N2O. The fraction of sp³-hybridized carbons (Fsp3) is 0.429. The van der Waals surface area contributed by atoms with Gasteiger partial charge in [-0.2, -0.15) is 0 Å². The third-order valence-electron chi connectivity index (χ3n) is 4.71. The molecule has 0 saturated carbocycles. The van der Waals surface area contributed by atoms with Crippen LogP contribution in [0.15, 0.2) is 54.6 Å². The molecule has 2 aromatic rings. The molecule has 1 heterocycles. The van der Waals surface area contributed by atoms with Crippen LogP contribution in [0.5, 0.6) is 5.75 Å². The number of aryl methyl sites for hydroxylation is 1. The number of hydrogen-bond donors (Lipinski definition) is 0. The van der Waals surface area contributed by atoms with Crippen LogP contribution in [0.25, 0.3) is 0 Å². The van der Waals surface area contributed by atoms with E-state index in [1.165, 1.54) is 24.2 Å². The summed E-state index contributed by atoms with van der Waals surface area (Å²) < 4.78 is 5.87. The van der Waals surface area contributed by atoms with Crippen molar-refractivity contribution in [3.8, 4) is 5.75 Å². The molecule has 0 bridgehead atoms. The van der Waals surface area contributed by atoms with E-state index in [1.54, 1.807) is 0 Å². The van der Waals surface area contributed by atoms with Crippen LogP contribution in [0.2, 0.25) is 0 Å². The Morgan fingerprint density at radius 2 is 1.54 bits per heavy atom. The summed E-state index contributed by atoms with van der Waals surface area (Å²) in [7, 11) is 0. The maximum absolute atomic E-state index is 5.87. The van der Waals surface area contributed by atoms with E-state index in [-0.39, 0.29) is 0 Å². The summed E-state index contributed by atoms with van der Waals surface area (Å²) in [6, 6.07) is 19.0. The minimum atomic E-state index is 0.814. The second kappa shape index (κ2) is 8.74. The third-order valence-corrected chi connectivity index (χ3v) is 4.71. The number of nitrogens with zero attached hydrogens (tertiary/aromatic N) is 2. The Labute approximate surface area is 145 Å². The van der Waals surface area contributed by atoms with Crippen LogP contribution in [0.4, 0.5) is 5.69 Å². The van der Waals surface area contributed by atoms with Gasteiger partial charge in [0, 0.05) is 31.9 Å². The van der Waals surface area contributed by atoms with Crippen molar-refractivity contribution in [1.29, 1.82) is 0 Å². The number of anilines is 1. The number of unbranched alkanes of at least 4 members (excludes halogenated alkanes) is 1. The first-order valence-corrected chi connectivity index (χ1v) is 9.04. The van der Waals surface area contributed by atoms with Crippen LogP contribution < -0.4 is 9.64 Å². The average Bonchev–Trinajstić information content (AvgIpc) is 2.64. The predicted molar refractivity (Wildman–Crippen MR) is 101 cm³/mol. The molecule has 1 aliphatic rings. The predicted octanol–water partition coefficient (Wildman–Crippen LogP) is 3.98. The van der Waals surface area contributed by atoms with Crippen molar-refractivity contribution in [2.24, 2.45) is 0 Å². The van der Waals surface area contributed by atoms with Crippen molar-refractivity contribution in [2.45, 2.75) is 19.8 Å². The lowest BCUT2D eigenvalue weighted by molar-refractivity contribution is 0.238. The van der Waals surface area contributed by atoms with Crippen molar-refractivity contribution in [3.63, 3.8) is 0 Å². The van der Waals surface area contributed by atoms with E-state index in [9.17, 15) is 0 Å². The minimum Gasteiger partial charge on any atom is -0.493 e. The standard InChI is InChI=1S/C21H28N2O/c1-19-9-5-6-12-21(19)24-18-8-7-13-22-14-16-23(17-15-22)20-10-3-2-4-11-20/h2-6,9-12H,7-8,13-18H2,1H3. The molecule has 3 rings (SSSR count). The number of hydrogen-bond acceptors (Lipinski definition) is 3. The van der Waals surface area contributed by atoms with Gasteiger partial charge in [0.25, 0.3) is 0 Å². The van der Waals surface area contributed by atoms with Crippen LogP contribution in [0.3, 0.4) is 0 Å². The molecule has 3 nitrogen and oxygen atoms in total. The zero-order valence-electron chi connectivity index (χ0n) is 14.7. The van der Waals surface area contributed by atoms with Crippen LogP contribution in [-0.4, -0.2) is 44.2 Å². The first-order chi connectivity index (χ1) is 11.8. The first kappa shape index (κ1) is 16.8. The summed E-state index contributed by atoms with van der Waals surface area (Å²) in [6.45, 7) is 8.67. The van der Waals surface area contributed by atoms with Crippen LogP contribution in [0.1, 0.15) is 18.4 Å². The molecule has 24 heavy (non-hydrogen) atoms. The molecule has 0 aromatic heterocycles.